The summed E-state index contributed by atoms with van der Waals surface area (Å²) in [5.41, 5.74) is 3.26. The van der Waals surface area contributed by atoms with E-state index in [9.17, 15) is 0 Å². The number of nitrogens with one attached hydrogen (secondary N) is 2. The van der Waals surface area contributed by atoms with Crippen molar-refractivity contribution in [1.29, 1.82) is 0 Å². The highest BCUT2D eigenvalue weighted by atomic mass is 127. The molecule has 0 unspecified atom stereocenters. The van der Waals surface area contributed by atoms with Gasteiger partial charge < -0.3 is 15.2 Å². The summed E-state index contributed by atoms with van der Waals surface area (Å²) in [6.45, 7) is 4.04. The van der Waals surface area contributed by atoms with Gasteiger partial charge in [0.05, 0.1) is 6.54 Å². The van der Waals surface area contributed by atoms with Crippen molar-refractivity contribution in [3.63, 3.8) is 0 Å². The predicted molar refractivity (Wildman–Crippen MR) is 128 cm³/mol. The van der Waals surface area contributed by atoms with Crippen LogP contribution < -0.4 is 10.6 Å². The summed E-state index contributed by atoms with van der Waals surface area (Å²) in [5, 5.41) is 15.1. The number of benzene rings is 1. The second kappa shape index (κ2) is 10.2. The van der Waals surface area contributed by atoms with Gasteiger partial charge in [-0.15, -0.1) is 34.2 Å². The molecule has 8 nitrogen and oxygen atoms in total. The standard InChI is InChI=1S/C21H24N8.HI/c1-16-23-9-11-28(16)15-18-7-5-6-17(12-18)13-24-21(22-2)25-14-20-27-26-19-8-3-4-10-29(19)20;/h3-12H,13-15H2,1-2H3,(H2,22,24,25);1H. The van der Waals surface area contributed by atoms with Gasteiger partial charge in [-0.2, -0.15) is 0 Å². The lowest BCUT2D eigenvalue weighted by Crippen LogP contribution is -2.36. The molecule has 30 heavy (non-hydrogen) atoms. The molecule has 2 N–H and O–H groups in total. The maximum Gasteiger partial charge on any atom is 0.191 e. The van der Waals surface area contributed by atoms with Crippen LogP contribution in [0, 0.1) is 6.92 Å². The Labute approximate surface area is 192 Å². The minimum absolute atomic E-state index is 0. The first-order valence-electron chi connectivity index (χ1n) is 9.51. The zero-order chi connectivity index (χ0) is 20.1. The van der Waals surface area contributed by atoms with Crippen LogP contribution in [0.4, 0.5) is 0 Å². The van der Waals surface area contributed by atoms with E-state index < -0.39 is 0 Å². The van der Waals surface area contributed by atoms with E-state index in [0.717, 1.165) is 23.8 Å². The normalized spacial score (nSPS) is 11.3. The fourth-order valence-corrected chi connectivity index (χ4v) is 3.19. The van der Waals surface area contributed by atoms with Crippen molar-refractivity contribution >= 4 is 35.6 Å². The molecule has 0 spiro atoms. The minimum atomic E-state index is 0. The fourth-order valence-electron chi connectivity index (χ4n) is 3.19. The van der Waals surface area contributed by atoms with Gasteiger partial charge in [-0.3, -0.25) is 9.39 Å². The Morgan fingerprint density at radius 3 is 2.63 bits per heavy atom. The van der Waals surface area contributed by atoms with Gasteiger partial charge in [0.15, 0.2) is 17.4 Å². The lowest BCUT2D eigenvalue weighted by Gasteiger charge is -2.12. The van der Waals surface area contributed by atoms with Crippen LogP contribution in [0.2, 0.25) is 0 Å². The molecule has 9 heteroatoms. The SMILES string of the molecule is CN=C(NCc1cccc(Cn2ccnc2C)c1)NCc1nnc2ccccn12.I. The highest BCUT2D eigenvalue weighted by Gasteiger charge is 2.06. The largest absolute Gasteiger partial charge is 0.352 e. The molecule has 0 radical (unpaired) electrons. The molecule has 0 aliphatic rings. The average molecular weight is 516 g/mol. The van der Waals surface area contributed by atoms with Gasteiger partial charge in [-0.05, 0) is 30.2 Å². The van der Waals surface area contributed by atoms with Gasteiger partial charge >= 0.3 is 0 Å². The number of hydrogen-bond acceptors (Lipinski definition) is 4. The first-order valence-corrected chi connectivity index (χ1v) is 9.51. The Balaban J connectivity index is 0.00000256. The number of hydrogen-bond donors (Lipinski definition) is 2. The number of pyridine rings is 1. The molecule has 0 bridgehead atoms. The Morgan fingerprint density at radius 2 is 1.83 bits per heavy atom. The van der Waals surface area contributed by atoms with Gasteiger partial charge in [-0.1, -0.05) is 30.3 Å². The van der Waals surface area contributed by atoms with Crippen LogP contribution in [0.25, 0.3) is 5.65 Å². The Hall–Kier alpha value is -2.95. The van der Waals surface area contributed by atoms with Gasteiger partial charge in [0.2, 0.25) is 0 Å². The monoisotopic (exact) mass is 516 g/mol. The second-order valence-corrected chi connectivity index (χ2v) is 6.75. The van der Waals surface area contributed by atoms with Crippen molar-refractivity contribution in [3.05, 3.63) is 83.8 Å². The highest BCUT2D eigenvalue weighted by Crippen LogP contribution is 2.09. The van der Waals surface area contributed by atoms with Crippen LogP contribution in [-0.4, -0.2) is 37.2 Å². The Morgan fingerprint density at radius 1 is 1.00 bits per heavy atom. The summed E-state index contributed by atoms with van der Waals surface area (Å²) < 4.78 is 4.09. The lowest BCUT2D eigenvalue weighted by atomic mass is 10.1. The smallest absolute Gasteiger partial charge is 0.191 e. The molecule has 3 heterocycles. The third kappa shape index (κ3) is 5.15. The minimum Gasteiger partial charge on any atom is -0.352 e. The van der Waals surface area contributed by atoms with Crippen LogP contribution in [0.15, 0.2) is 66.0 Å². The molecule has 0 saturated carbocycles. The van der Waals surface area contributed by atoms with E-state index in [4.69, 9.17) is 0 Å². The maximum atomic E-state index is 4.30. The molecule has 0 aliphatic heterocycles. The molecule has 1 aromatic carbocycles. The van der Waals surface area contributed by atoms with Crippen LogP contribution in [0.1, 0.15) is 22.8 Å². The second-order valence-electron chi connectivity index (χ2n) is 6.75. The maximum absolute atomic E-state index is 4.30. The number of aliphatic imine (C=N–C) groups is 1. The van der Waals surface area contributed by atoms with Crippen molar-refractivity contribution in [3.8, 4) is 0 Å². The molecule has 0 amide bonds. The van der Waals surface area contributed by atoms with Gasteiger partial charge in [0, 0.05) is 38.7 Å². The first-order chi connectivity index (χ1) is 14.2. The fraction of sp³-hybridized carbons (Fsp3) is 0.238. The topological polar surface area (TPSA) is 84.4 Å². The molecular formula is C21H25IN8. The van der Waals surface area contributed by atoms with E-state index in [-0.39, 0.29) is 24.0 Å². The van der Waals surface area contributed by atoms with E-state index in [0.29, 0.717) is 19.0 Å². The third-order valence-electron chi connectivity index (χ3n) is 4.75. The summed E-state index contributed by atoms with van der Waals surface area (Å²) in [5.74, 6) is 2.56. The number of rotatable bonds is 6. The summed E-state index contributed by atoms with van der Waals surface area (Å²) in [4.78, 5) is 8.58. The number of halogens is 1. The molecule has 0 fully saturated rings. The van der Waals surface area contributed by atoms with Crippen molar-refractivity contribution in [1.82, 2.24) is 34.8 Å². The predicted octanol–water partition coefficient (Wildman–Crippen LogP) is 2.77. The Bertz CT molecular complexity index is 1130. The average Bonchev–Trinajstić information content (AvgIpc) is 3.35. The zero-order valence-corrected chi connectivity index (χ0v) is 19.3. The molecule has 156 valence electrons. The summed E-state index contributed by atoms with van der Waals surface area (Å²) in [7, 11) is 1.76. The van der Waals surface area contributed by atoms with Gasteiger partial charge in [0.25, 0.3) is 0 Å². The quantitative estimate of drug-likeness (QED) is 0.234. The molecule has 3 aromatic heterocycles. The van der Waals surface area contributed by atoms with Crippen LogP contribution in [-0.2, 0) is 19.6 Å². The molecule has 0 atom stereocenters. The first kappa shape index (κ1) is 21.8. The molecule has 0 saturated heterocycles. The number of aryl methyl sites for hydroxylation is 1. The van der Waals surface area contributed by atoms with Crippen molar-refractivity contribution in [2.24, 2.45) is 4.99 Å². The molecular weight excluding hydrogens is 491 g/mol. The van der Waals surface area contributed by atoms with E-state index in [1.807, 2.05) is 48.1 Å². The van der Waals surface area contributed by atoms with E-state index in [1.54, 1.807) is 7.05 Å². The molecule has 0 aliphatic carbocycles. The van der Waals surface area contributed by atoms with E-state index in [1.165, 1.54) is 11.1 Å². The molecule has 4 aromatic rings. The van der Waals surface area contributed by atoms with Crippen molar-refractivity contribution < 1.29 is 0 Å². The third-order valence-corrected chi connectivity index (χ3v) is 4.75. The van der Waals surface area contributed by atoms with Crippen molar-refractivity contribution in [2.45, 2.75) is 26.6 Å². The van der Waals surface area contributed by atoms with Crippen LogP contribution >= 0.6 is 24.0 Å². The van der Waals surface area contributed by atoms with Crippen LogP contribution in [0.3, 0.4) is 0 Å². The van der Waals surface area contributed by atoms with Crippen LogP contribution in [0.5, 0.6) is 0 Å². The highest BCUT2D eigenvalue weighted by molar-refractivity contribution is 14.0. The van der Waals surface area contributed by atoms with Gasteiger partial charge in [-0.25, -0.2) is 4.98 Å². The summed E-state index contributed by atoms with van der Waals surface area (Å²) in [6.07, 6.45) is 5.78. The van der Waals surface area contributed by atoms with Crippen molar-refractivity contribution in [2.75, 3.05) is 7.05 Å². The summed E-state index contributed by atoms with van der Waals surface area (Å²) >= 11 is 0. The van der Waals surface area contributed by atoms with E-state index in [2.05, 4.69) is 59.6 Å². The summed E-state index contributed by atoms with van der Waals surface area (Å²) in [6, 6.07) is 14.4. The number of fused-ring (bicyclic) bond motifs is 1. The number of imidazole rings is 1. The number of guanidine groups is 1. The molecule has 4 rings (SSSR count). The Kier molecular flexibility index (Phi) is 7.39. The van der Waals surface area contributed by atoms with E-state index >= 15 is 0 Å². The number of nitrogens with zero attached hydrogens (tertiary/aromatic N) is 6. The lowest BCUT2D eigenvalue weighted by molar-refractivity contribution is 0.752. The number of aromatic nitrogens is 5. The van der Waals surface area contributed by atoms with Gasteiger partial charge in [0.1, 0.15) is 5.82 Å². The zero-order valence-electron chi connectivity index (χ0n) is 17.0.